The Morgan fingerprint density at radius 1 is 0.923 bits per heavy atom. The van der Waals surface area contributed by atoms with Gasteiger partial charge in [-0.2, -0.15) is 0 Å². The fourth-order valence-electron chi connectivity index (χ4n) is 5.23. The summed E-state index contributed by atoms with van der Waals surface area (Å²) in [5.41, 5.74) is 2.90. The summed E-state index contributed by atoms with van der Waals surface area (Å²) in [6.45, 7) is 7.92. The van der Waals surface area contributed by atoms with E-state index in [1.54, 1.807) is 39.8 Å². The summed E-state index contributed by atoms with van der Waals surface area (Å²) in [5, 5.41) is 2.96. The normalized spacial score (nSPS) is 17.5. The number of nitrogens with zero attached hydrogens (tertiary/aromatic N) is 4. The monoisotopic (exact) mass is 537 g/mol. The van der Waals surface area contributed by atoms with Crippen molar-refractivity contribution < 1.29 is 28.6 Å². The maximum atomic E-state index is 13.5. The Morgan fingerprint density at radius 3 is 2.33 bits per heavy atom. The first-order valence-electron chi connectivity index (χ1n) is 13.6. The Labute approximate surface area is 228 Å². The number of ether oxygens (including phenoxy) is 3. The first-order chi connectivity index (χ1) is 18.9. The summed E-state index contributed by atoms with van der Waals surface area (Å²) in [5.74, 6) is 1.31. The summed E-state index contributed by atoms with van der Waals surface area (Å²) in [6.07, 6.45) is 1.08. The lowest BCUT2D eigenvalue weighted by Crippen LogP contribution is -2.51. The number of piperidine rings is 1. The van der Waals surface area contributed by atoms with E-state index in [1.165, 1.54) is 0 Å². The molecular weight excluding hydrogens is 502 g/mol. The van der Waals surface area contributed by atoms with Crippen molar-refractivity contribution in [2.75, 3.05) is 64.4 Å². The lowest BCUT2D eigenvalue weighted by Gasteiger charge is -2.35. The molecule has 0 bridgehead atoms. The molecule has 0 unspecified atom stereocenters. The highest BCUT2D eigenvalue weighted by Gasteiger charge is 2.31. The number of hydrogen-bond acceptors (Lipinski definition) is 7. The van der Waals surface area contributed by atoms with E-state index in [-0.39, 0.29) is 23.9 Å². The van der Waals surface area contributed by atoms with Crippen molar-refractivity contribution in [3.8, 4) is 11.5 Å². The minimum atomic E-state index is -0.341. The number of amides is 4. The summed E-state index contributed by atoms with van der Waals surface area (Å²) < 4.78 is 16.2. The molecule has 0 saturated carbocycles. The Hall–Kier alpha value is -4.02. The van der Waals surface area contributed by atoms with Crippen LogP contribution in [0.1, 0.15) is 47.4 Å². The van der Waals surface area contributed by atoms with E-state index in [9.17, 15) is 14.4 Å². The van der Waals surface area contributed by atoms with Crippen LogP contribution in [-0.2, 0) is 4.74 Å². The molecule has 0 aliphatic carbocycles. The number of pyridine rings is 1. The third kappa shape index (κ3) is 6.02. The lowest BCUT2D eigenvalue weighted by molar-refractivity contribution is 0.0568. The average molecular weight is 538 g/mol. The molecule has 0 spiro atoms. The van der Waals surface area contributed by atoms with Crippen molar-refractivity contribution in [1.29, 1.82) is 0 Å². The molecule has 11 nitrogen and oxygen atoms in total. The molecule has 2 aromatic rings. The van der Waals surface area contributed by atoms with Gasteiger partial charge in [0.25, 0.3) is 5.91 Å². The number of carbonyl (C=O) groups is 3. The SMILES string of the molecule is CCOC(=O)N1CCN(C(=O)c2ccc(C)nc2C2CCN(C(=O)Nc3ccc4c(c3)OCCO4)CC2)CC1. The molecule has 4 amide bonds. The number of aryl methyl sites for hydroxylation is 1. The summed E-state index contributed by atoms with van der Waals surface area (Å²) in [6, 6.07) is 8.94. The zero-order valence-corrected chi connectivity index (χ0v) is 22.5. The van der Waals surface area contributed by atoms with E-state index in [0.717, 1.165) is 11.4 Å². The van der Waals surface area contributed by atoms with Crippen LogP contribution in [0.15, 0.2) is 30.3 Å². The predicted molar refractivity (Wildman–Crippen MR) is 143 cm³/mol. The van der Waals surface area contributed by atoms with Crippen LogP contribution in [0.25, 0.3) is 0 Å². The van der Waals surface area contributed by atoms with E-state index >= 15 is 0 Å². The molecule has 4 heterocycles. The van der Waals surface area contributed by atoms with Crippen molar-refractivity contribution >= 4 is 23.7 Å². The molecule has 3 aliphatic rings. The number of fused-ring (bicyclic) bond motifs is 1. The minimum absolute atomic E-state index is 0.0696. The largest absolute Gasteiger partial charge is 0.486 e. The predicted octanol–water partition coefficient (Wildman–Crippen LogP) is 3.49. The van der Waals surface area contributed by atoms with Crippen molar-refractivity contribution in [3.05, 3.63) is 47.3 Å². The van der Waals surface area contributed by atoms with Gasteiger partial charge in [0, 0.05) is 62.6 Å². The van der Waals surface area contributed by atoms with Gasteiger partial charge in [-0.1, -0.05) is 0 Å². The molecule has 39 heavy (non-hydrogen) atoms. The quantitative estimate of drug-likeness (QED) is 0.635. The lowest BCUT2D eigenvalue weighted by atomic mass is 9.89. The van der Waals surface area contributed by atoms with Gasteiger partial charge in [0.2, 0.25) is 0 Å². The maximum Gasteiger partial charge on any atom is 0.409 e. The molecule has 1 N–H and O–H groups in total. The van der Waals surface area contributed by atoms with Crippen LogP contribution in [-0.4, -0.2) is 96.8 Å². The first-order valence-corrected chi connectivity index (χ1v) is 13.6. The summed E-state index contributed by atoms with van der Waals surface area (Å²) in [7, 11) is 0. The number of rotatable bonds is 4. The fourth-order valence-corrected chi connectivity index (χ4v) is 5.23. The van der Waals surface area contributed by atoms with Gasteiger partial charge in [-0.05, 0) is 51.0 Å². The summed E-state index contributed by atoms with van der Waals surface area (Å²) in [4.78, 5) is 48.5. The van der Waals surface area contributed by atoms with Gasteiger partial charge in [0.05, 0.1) is 17.9 Å². The van der Waals surface area contributed by atoms with Crippen molar-refractivity contribution in [2.24, 2.45) is 0 Å². The van der Waals surface area contributed by atoms with Crippen LogP contribution in [0, 0.1) is 6.92 Å². The van der Waals surface area contributed by atoms with Gasteiger partial charge in [-0.15, -0.1) is 0 Å². The number of nitrogens with one attached hydrogen (secondary N) is 1. The summed E-state index contributed by atoms with van der Waals surface area (Å²) >= 11 is 0. The molecule has 2 saturated heterocycles. The number of carbonyl (C=O) groups excluding carboxylic acids is 3. The molecular formula is C28H35N5O6. The second kappa shape index (κ2) is 11.8. The molecule has 1 aromatic heterocycles. The van der Waals surface area contributed by atoms with Gasteiger partial charge >= 0.3 is 12.1 Å². The number of hydrogen-bond donors (Lipinski definition) is 1. The van der Waals surface area contributed by atoms with Gasteiger partial charge < -0.3 is 34.2 Å². The number of urea groups is 1. The van der Waals surface area contributed by atoms with Crippen LogP contribution in [0.4, 0.5) is 15.3 Å². The zero-order valence-electron chi connectivity index (χ0n) is 22.5. The molecule has 1 aromatic carbocycles. The zero-order chi connectivity index (χ0) is 27.4. The Morgan fingerprint density at radius 2 is 1.62 bits per heavy atom. The van der Waals surface area contributed by atoms with Crippen molar-refractivity contribution in [1.82, 2.24) is 19.7 Å². The first kappa shape index (κ1) is 26.6. The van der Waals surface area contributed by atoms with Gasteiger partial charge in [0.15, 0.2) is 11.5 Å². The van der Waals surface area contributed by atoms with Crippen LogP contribution in [0.2, 0.25) is 0 Å². The Kier molecular flexibility index (Phi) is 8.04. The number of aromatic nitrogens is 1. The molecule has 5 rings (SSSR count). The topological polar surface area (TPSA) is 114 Å². The van der Waals surface area contributed by atoms with E-state index < -0.39 is 0 Å². The van der Waals surface area contributed by atoms with E-state index in [4.69, 9.17) is 19.2 Å². The van der Waals surface area contributed by atoms with E-state index in [0.29, 0.717) is 94.7 Å². The van der Waals surface area contributed by atoms with E-state index in [1.807, 2.05) is 19.1 Å². The van der Waals surface area contributed by atoms with Crippen LogP contribution in [0.3, 0.4) is 0 Å². The molecule has 11 heteroatoms. The van der Waals surface area contributed by atoms with Crippen LogP contribution < -0.4 is 14.8 Å². The Balaban J connectivity index is 1.20. The molecule has 0 atom stereocenters. The van der Waals surface area contributed by atoms with Crippen molar-refractivity contribution in [2.45, 2.75) is 32.6 Å². The van der Waals surface area contributed by atoms with E-state index in [2.05, 4.69) is 5.32 Å². The molecule has 208 valence electrons. The average Bonchev–Trinajstić information content (AvgIpc) is 2.97. The highest BCUT2D eigenvalue weighted by molar-refractivity contribution is 5.95. The van der Waals surface area contributed by atoms with Crippen molar-refractivity contribution in [3.63, 3.8) is 0 Å². The van der Waals surface area contributed by atoms with Crippen LogP contribution in [0.5, 0.6) is 11.5 Å². The number of piperazine rings is 1. The second-order valence-electron chi connectivity index (χ2n) is 9.91. The van der Waals surface area contributed by atoms with Gasteiger partial charge in [-0.3, -0.25) is 9.78 Å². The third-order valence-corrected chi connectivity index (χ3v) is 7.35. The molecule has 2 fully saturated rings. The van der Waals surface area contributed by atoms with Crippen LogP contribution >= 0.6 is 0 Å². The maximum absolute atomic E-state index is 13.5. The number of anilines is 1. The molecule has 3 aliphatic heterocycles. The highest BCUT2D eigenvalue weighted by atomic mass is 16.6. The standard InChI is InChI=1S/C28H35N5O6/c1-3-37-28(36)33-14-12-31(13-15-33)26(34)22-6-4-19(2)29-25(22)20-8-10-32(11-9-20)27(35)30-21-5-7-23-24(18-21)39-17-16-38-23/h4-7,18,20H,3,8-17H2,1-2H3,(H,30,35). The Bertz CT molecular complexity index is 1220. The molecule has 0 radical (unpaired) electrons. The highest BCUT2D eigenvalue weighted by Crippen LogP contribution is 2.34. The number of likely N-dealkylation sites (tertiary alicyclic amines) is 1. The van der Waals surface area contributed by atoms with Gasteiger partial charge in [0.1, 0.15) is 13.2 Å². The third-order valence-electron chi connectivity index (χ3n) is 7.35. The number of benzene rings is 1. The van der Waals surface area contributed by atoms with Gasteiger partial charge in [-0.25, -0.2) is 9.59 Å². The smallest absolute Gasteiger partial charge is 0.409 e. The second-order valence-corrected chi connectivity index (χ2v) is 9.91. The fraction of sp³-hybridized carbons (Fsp3) is 0.500. The minimum Gasteiger partial charge on any atom is -0.486 e.